The molecule has 2 N–H and O–H groups in total. The number of quaternary nitrogens is 1. The molecule has 1 atom stereocenters. The van der Waals surface area contributed by atoms with Crippen molar-refractivity contribution in [2.75, 3.05) is 0 Å². The molecule has 0 bridgehead atoms. The van der Waals surface area contributed by atoms with Crippen LogP contribution >= 0.6 is 0 Å². The van der Waals surface area contributed by atoms with Crippen LogP contribution in [-0.4, -0.2) is 9.38 Å². The first-order valence-corrected chi connectivity index (χ1v) is 8.61. The van der Waals surface area contributed by atoms with Gasteiger partial charge < -0.3 is 9.73 Å². The monoisotopic (exact) mass is 346 g/mol. The smallest absolute Gasteiger partial charge is 0.258 e. The van der Waals surface area contributed by atoms with E-state index in [4.69, 9.17) is 4.42 Å². The number of aromatic nitrogens is 2. The summed E-state index contributed by atoms with van der Waals surface area (Å²) in [4.78, 5) is 17.0. The van der Waals surface area contributed by atoms with Crippen LogP contribution in [0, 0.1) is 6.92 Å². The van der Waals surface area contributed by atoms with Crippen LogP contribution in [-0.2, 0) is 6.54 Å². The Labute approximate surface area is 150 Å². The van der Waals surface area contributed by atoms with Gasteiger partial charge in [-0.25, -0.2) is 4.98 Å². The minimum Gasteiger partial charge on any atom is -0.463 e. The lowest BCUT2D eigenvalue weighted by molar-refractivity contribution is -0.704. The molecular weight excluding hydrogens is 326 g/mol. The second-order valence-corrected chi connectivity index (χ2v) is 6.36. The van der Waals surface area contributed by atoms with Crippen LogP contribution in [0.25, 0.3) is 5.65 Å². The highest BCUT2D eigenvalue weighted by molar-refractivity contribution is 5.39. The van der Waals surface area contributed by atoms with Gasteiger partial charge in [0.25, 0.3) is 5.56 Å². The Hall–Kier alpha value is -3.18. The number of nitrogens with two attached hydrogens (primary N) is 1. The lowest BCUT2D eigenvalue weighted by atomic mass is 10.0. The van der Waals surface area contributed by atoms with E-state index in [0.29, 0.717) is 12.2 Å². The topological polar surface area (TPSA) is 64.1 Å². The van der Waals surface area contributed by atoms with Gasteiger partial charge >= 0.3 is 0 Å². The first-order valence-electron chi connectivity index (χ1n) is 8.61. The predicted molar refractivity (Wildman–Crippen MR) is 98.8 cm³/mol. The molecule has 0 aliphatic rings. The summed E-state index contributed by atoms with van der Waals surface area (Å²) in [5, 5.41) is 2.14. The molecule has 0 saturated carbocycles. The third kappa shape index (κ3) is 3.30. The van der Waals surface area contributed by atoms with Gasteiger partial charge in [-0.1, -0.05) is 36.4 Å². The van der Waals surface area contributed by atoms with Gasteiger partial charge in [0.1, 0.15) is 17.9 Å². The van der Waals surface area contributed by atoms with Crippen LogP contribution in [0.1, 0.15) is 28.6 Å². The van der Waals surface area contributed by atoms with E-state index in [1.165, 1.54) is 0 Å². The van der Waals surface area contributed by atoms with Crippen molar-refractivity contribution in [3.8, 4) is 0 Å². The van der Waals surface area contributed by atoms with Crippen LogP contribution in [0.3, 0.4) is 0 Å². The highest BCUT2D eigenvalue weighted by Crippen LogP contribution is 2.18. The van der Waals surface area contributed by atoms with E-state index in [-0.39, 0.29) is 11.6 Å². The maximum Gasteiger partial charge on any atom is 0.258 e. The number of fused-ring (bicyclic) bond motifs is 1. The molecule has 4 rings (SSSR count). The minimum absolute atomic E-state index is 0.0180. The molecule has 0 aliphatic carbocycles. The normalized spacial score (nSPS) is 12.3. The number of pyridine rings is 1. The number of benzene rings is 1. The van der Waals surface area contributed by atoms with E-state index in [0.717, 1.165) is 22.6 Å². The lowest BCUT2D eigenvalue weighted by Gasteiger charge is -2.14. The van der Waals surface area contributed by atoms with Gasteiger partial charge in [-0.15, -0.1) is 0 Å². The predicted octanol–water partition coefficient (Wildman–Crippen LogP) is 2.45. The summed E-state index contributed by atoms with van der Waals surface area (Å²) in [7, 11) is 0. The van der Waals surface area contributed by atoms with Gasteiger partial charge in [-0.2, -0.15) is 0 Å². The van der Waals surface area contributed by atoms with Gasteiger partial charge in [0.05, 0.1) is 6.26 Å². The zero-order valence-electron chi connectivity index (χ0n) is 14.5. The summed E-state index contributed by atoms with van der Waals surface area (Å²) in [6.07, 6.45) is 3.50. The van der Waals surface area contributed by atoms with E-state index >= 15 is 0 Å². The summed E-state index contributed by atoms with van der Waals surface area (Å²) in [5.41, 5.74) is 3.54. The Balaban J connectivity index is 1.63. The van der Waals surface area contributed by atoms with Crippen molar-refractivity contribution in [3.63, 3.8) is 0 Å². The minimum atomic E-state index is -0.0589. The molecule has 0 radical (unpaired) electrons. The Morgan fingerprint density at radius 1 is 1.12 bits per heavy atom. The van der Waals surface area contributed by atoms with Crippen molar-refractivity contribution in [2.45, 2.75) is 19.5 Å². The van der Waals surface area contributed by atoms with Gasteiger partial charge in [-0.3, -0.25) is 9.20 Å². The van der Waals surface area contributed by atoms with Crippen molar-refractivity contribution >= 4 is 5.65 Å². The lowest BCUT2D eigenvalue weighted by Crippen LogP contribution is -2.84. The summed E-state index contributed by atoms with van der Waals surface area (Å²) in [6, 6.07) is 19.5. The van der Waals surface area contributed by atoms with E-state index in [1.54, 1.807) is 16.7 Å². The first kappa shape index (κ1) is 16.3. The van der Waals surface area contributed by atoms with Gasteiger partial charge in [0, 0.05) is 17.8 Å². The van der Waals surface area contributed by atoms with Crippen molar-refractivity contribution < 1.29 is 9.73 Å². The summed E-state index contributed by atoms with van der Waals surface area (Å²) in [5.74, 6) is 0.879. The Morgan fingerprint density at radius 2 is 1.96 bits per heavy atom. The molecule has 1 aromatic carbocycles. The van der Waals surface area contributed by atoms with Crippen LogP contribution < -0.4 is 10.9 Å². The quantitative estimate of drug-likeness (QED) is 0.604. The zero-order valence-corrected chi connectivity index (χ0v) is 14.5. The number of aryl methyl sites for hydroxylation is 1. The molecule has 3 heterocycles. The number of rotatable bonds is 5. The molecule has 3 aromatic heterocycles. The molecule has 4 aromatic rings. The average molecular weight is 346 g/mol. The molecule has 5 nitrogen and oxygen atoms in total. The van der Waals surface area contributed by atoms with Crippen molar-refractivity contribution in [1.82, 2.24) is 9.38 Å². The Bertz CT molecular complexity index is 1070. The zero-order chi connectivity index (χ0) is 17.9. The Morgan fingerprint density at radius 3 is 2.73 bits per heavy atom. The summed E-state index contributed by atoms with van der Waals surface area (Å²) >= 11 is 0. The third-order valence-electron chi connectivity index (χ3n) is 4.43. The fourth-order valence-corrected chi connectivity index (χ4v) is 3.15. The second-order valence-electron chi connectivity index (χ2n) is 6.36. The molecule has 0 fully saturated rings. The molecule has 0 amide bonds. The molecule has 0 unspecified atom stereocenters. The third-order valence-corrected chi connectivity index (χ3v) is 4.43. The molecule has 0 aliphatic heterocycles. The van der Waals surface area contributed by atoms with Crippen LogP contribution in [0.2, 0.25) is 0 Å². The van der Waals surface area contributed by atoms with E-state index in [9.17, 15) is 4.79 Å². The highest BCUT2D eigenvalue weighted by atomic mass is 16.3. The SMILES string of the molecule is Cc1ccc2nc(C[NH2+][C@H](c3ccccc3)c3ccco3)cc(=O)n2c1. The average Bonchev–Trinajstić information content (AvgIpc) is 3.18. The number of furan rings is 1. The number of hydrogen-bond donors (Lipinski definition) is 1. The van der Waals surface area contributed by atoms with Gasteiger partial charge in [0.2, 0.25) is 0 Å². The molecular formula is C21H20N3O2+. The van der Waals surface area contributed by atoms with Crippen LogP contribution in [0.5, 0.6) is 0 Å². The fourth-order valence-electron chi connectivity index (χ4n) is 3.15. The van der Waals surface area contributed by atoms with E-state index < -0.39 is 0 Å². The molecule has 26 heavy (non-hydrogen) atoms. The standard InChI is InChI=1S/C21H19N3O2/c1-15-9-10-19-23-17(12-20(25)24(19)14-15)13-22-21(18-8-5-11-26-18)16-6-3-2-4-7-16/h2-12,14,21-22H,13H2,1H3/p+1/t21-/m1/s1. The van der Waals surface area contributed by atoms with Crippen molar-refractivity contribution in [3.05, 3.63) is 106 Å². The van der Waals surface area contributed by atoms with Gasteiger partial charge in [-0.05, 0) is 30.7 Å². The molecule has 130 valence electrons. The Kier molecular flexibility index (Phi) is 4.37. The van der Waals surface area contributed by atoms with Crippen LogP contribution in [0.15, 0.2) is 82.3 Å². The van der Waals surface area contributed by atoms with E-state index in [1.807, 2.05) is 55.6 Å². The van der Waals surface area contributed by atoms with Gasteiger partial charge in [0.15, 0.2) is 11.8 Å². The fraction of sp³-hybridized carbons (Fsp3) is 0.143. The highest BCUT2D eigenvalue weighted by Gasteiger charge is 2.20. The molecule has 0 saturated heterocycles. The summed E-state index contributed by atoms with van der Waals surface area (Å²) in [6.45, 7) is 2.54. The largest absolute Gasteiger partial charge is 0.463 e. The maximum atomic E-state index is 12.4. The second kappa shape index (κ2) is 6.98. The van der Waals surface area contributed by atoms with Crippen molar-refractivity contribution in [1.29, 1.82) is 0 Å². The number of hydrogen-bond acceptors (Lipinski definition) is 3. The van der Waals surface area contributed by atoms with E-state index in [2.05, 4.69) is 22.4 Å². The van der Waals surface area contributed by atoms with Crippen LogP contribution in [0.4, 0.5) is 0 Å². The molecule has 0 spiro atoms. The first-order chi connectivity index (χ1) is 12.7. The maximum absolute atomic E-state index is 12.4. The molecule has 5 heteroatoms. The summed E-state index contributed by atoms with van der Waals surface area (Å²) < 4.78 is 7.21. The van der Waals surface area contributed by atoms with Crippen molar-refractivity contribution in [2.24, 2.45) is 0 Å². The number of nitrogens with zero attached hydrogens (tertiary/aromatic N) is 2.